The van der Waals surface area contributed by atoms with Gasteiger partial charge in [0, 0.05) is 25.9 Å². The quantitative estimate of drug-likeness (QED) is 0.794. The molecule has 1 heterocycles. The first-order chi connectivity index (χ1) is 7.70. The van der Waals surface area contributed by atoms with E-state index < -0.39 is 0 Å². The first-order valence-corrected chi connectivity index (χ1v) is 5.98. The van der Waals surface area contributed by atoms with Gasteiger partial charge in [-0.25, -0.2) is 4.98 Å². The SMILES string of the molecule is COC(C)Cn1c(CNC2CC2)cnc1C. The molecule has 2 rings (SSSR count). The predicted octanol–water partition coefficient (Wildman–Crippen LogP) is 1.48. The molecule has 1 atom stereocenters. The molecule has 4 heteroatoms. The van der Waals surface area contributed by atoms with Gasteiger partial charge in [-0.1, -0.05) is 0 Å². The van der Waals surface area contributed by atoms with E-state index in [1.807, 2.05) is 13.1 Å². The van der Waals surface area contributed by atoms with Gasteiger partial charge in [-0.3, -0.25) is 0 Å². The molecule has 1 unspecified atom stereocenters. The van der Waals surface area contributed by atoms with Crippen molar-refractivity contribution in [2.45, 2.75) is 51.9 Å². The molecule has 90 valence electrons. The molecule has 0 radical (unpaired) electrons. The first kappa shape index (κ1) is 11.6. The summed E-state index contributed by atoms with van der Waals surface area (Å²) in [6, 6.07) is 0.739. The Hall–Kier alpha value is -0.870. The largest absolute Gasteiger partial charge is 0.380 e. The minimum atomic E-state index is 0.229. The molecule has 0 saturated heterocycles. The summed E-state index contributed by atoms with van der Waals surface area (Å²) in [7, 11) is 1.75. The van der Waals surface area contributed by atoms with Crippen LogP contribution in [0.1, 0.15) is 31.3 Å². The number of rotatable bonds is 6. The standard InChI is InChI=1S/C12H21N3O/c1-9(16-3)8-15-10(2)13-6-12(15)7-14-11-4-5-11/h6,9,11,14H,4-5,7-8H2,1-3H3. The highest BCUT2D eigenvalue weighted by atomic mass is 16.5. The third kappa shape index (κ3) is 2.83. The monoisotopic (exact) mass is 223 g/mol. The van der Waals surface area contributed by atoms with Gasteiger partial charge in [-0.05, 0) is 26.7 Å². The summed E-state index contributed by atoms with van der Waals surface area (Å²) >= 11 is 0. The Bertz CT molecular complexity index is 344. The second kappa shape index (κ2) is 4.97. The van der Waals surface area contributed by atoms with Gasteiger partial charge in [0.25, 0.3) is 0 Å². The zero-order valence-electron chi connectivity index (χ0n) is 10.4. The molecule has 1 aromatic rings. The first-order valence-electron chi connectivity index (χ1n) is 5.98. The molecule has 1 aliphatic carbocycles. The normalized spacial score (nSPS) is 17.7. The molecule has 0 aromatic carbocycles. The van der Waals surface area contributed by atoms with Gasteiger partial charge in [0.2, 0.25) is 0 Å². The summed E-state index contributed by atoms with van der Waals surface area (Å²) in [6.07, 6.45) is 4.84. The fraction of sp³-hybridized carbons (Fsp3) is 0.750. The molecule has 0 spiro atoms. The van der Waals surface area contributed by atoms with Crippen molar-refractivity contribution in [2.24, 2.45) is 0 Å². The van der Waals surface area contributed by atoms with E-state index in [1.54, 1.807) is 7.11 Å². The fourth-order valence-electron chi connectivity index (χ4n) is 1.77. The van der Waals surface area contributed by atoms with Crippen LogP contribution in [0.2, 0.25) is 0 Å². The number of hydrogen-bond donors (Lipinski definition) is 1. The Morgan fingerprint density at radius 1 is 1.62 bits per heavy atom. The minimum absolute atomic E-state index is 0.229. The number of imidazole rings is 1. The van der Waals surface area contributed by atoms with Crippen LogP contribution >= 0.6 is 0 Å². The van der Waals surface area contributed by atoms with Crippen LogP contribution < -0.4 is 5.32 Å². The number of methoxy groups -OCH3 is 1. The van der Waals surface area contributed by atoms with Crippen LogP contribution in [-0.2, 0) is 17.8 Å². The van der Waals surface area contributed by atoms with Crippen molar-refractivity contribution in [1.82, 2.24) is 14.9 Å². The maximum absolute atomic E-state index is 5.30. The maximum atomic E-state index is 5.30. The zero-order chi connectivity index (χ0) is 11.5. The fourth-order valence-corrected chi connectivity index (χ4v) is 1.77. The van der Waals surface area contributed by atoms with Crippen LogP contribution in [0.5, 0.6) is 0 Å². The summed E-state index contributed by atoms with van der Waals surface area (Å²) in [4.78, 5) is 4.37. The number of aryl methyl sites for hydroxylation is 1. The summed E-state index contributed by atoms with van der Waals surface area (Å²) in [6.45, 7) is 5.92. The smallest absolute Gasteiger partial charge is 0.105 e. The molecule has 0 bridgehead atoms. The molecular formula is C12H21N3O. The van der Waals surface area contributed by atoms with Crippen molar-refractivity contribution in [3.8, 4) is 0 Å². The van der Waals surface area contributed by atoms with E-state index >= 15 is 0 Å². The van der Waals surface area contributed by atoms with Crippen LogP contribution in [0.15, 0.2) is 6.20 Å². The Morgan fingerprint density at radius 3 is 3.00 bits per heavy atom. The third-order valence-electron chi connectivity index (χ3n) is 3.13. The van der Waals surface area contributed by atoms with Crippen LogP contribution in [0.25, 0.3) is 0 Å². The number of aromatic nitrogens is 2. The van der Waals surface area contributed by atoms with E-state index in [0.717, 1.165) is 25.0 Å². The molecule has 16 heavy (non-hydrogen) atoms. The van der Waals surface area contributed by atoms with Crippen molar-refractivity contribution < 1.29 is 4.74 Å². The van der Waals surface area contributed by atoms with Crippen LogP contribution in [-0.4, -0.2) is 28.8 Å². The van der Waals surface area contributed by atoms with Gasteiger partial charge >= 0.3 is 0 Å². The number of nitrogens with zero attached hydrogens (tertiary/aromatic N) is 2. The third-order valence-corrected chi connectivity index (χ3v) is 3.13. The Labute approximate surface area is 97.0 Å². The molecule has 1 fully saturated rings. The van der Waals surface area contributed by atoms with Gasteiger partial charge < -0.3 is 14.6 Å². The van der Waals surface area contributed by atoms with Crippen LogP contribution in [0.3, 0.4) is 0 Å². The summed E-state index contributed by atoms with van der Waals surface area (Å²) in [5.41, 5.74) is 1.26. The van der Waals surface area contributed by atoms with Crippen molar-refractivity contribution in [2.75, 3.05) is 7.11 Å². The topological polar surface area (TPSA) is 39.1 Å². The second-order valence-corrected chi connectivity index (χ2v) is 4.61. The van der Waals surface area contributed by atoms with Crippen LogP contribution in [0.4, 0.5) is 0 Å². The molecule has 4 nitrogen and oxygen atoms in total. The van der Waals surface area contributed by atoms with Gasteiger partial charge in [0.15, 0.2) is 0 Å². The van der Waals surface area contributed by atoms with Crippen LogP contribution in [0, 0.1) is 6.92 Å². The van der Waals surface area contributed by atoms with E-state index in [0.29, 0.717) is 0 Å². The summed E-state index contributed by atoms with van der Waals surface area (Å²) in [5, 5.41) is 3.52. The lowest BCUT2D eigenvalue weighted by Gasteiger charge is -2.15. The maximum Gasteiger partial charge on any atom is 0.105 e. The highest BCUT2D eigenvalue weighted by molar-refractivity contribution is 5.05. The van der Waals surface area contributed by atoms with Gasteiger partial charge in [-0.2, -0.15) is 0 Å². The average molecular weight is 223 g/mol. The highest BCUT2D eigenvalue weighted by Gasteiger charge is 2.21. The number of hydrogen-bond acceptors (Lipinski definition) is 3. The number of nitrogens with one attached hydrogen (secondary N) is 1. The zero-order valence-corrected chi connectivity index (χ0v) is 10.4. The second-order valence-electron chi connectivity index (χ2n) is 4.61. The molecular weight excluding hydrogens is 202 g/mol. The summed E-state index contributed by atoms with van der Waals surface area (Å²) < 4.78 is 7.54. The van der Waals surface area contributed by atoms with Gasteiger partial charge in [0.05, 0.1) is 18.3 Å². The van der Waals surface area contributed by atoms with E-state index in [-0.39, 0.29) is 6.10 Å². The van der Waals surface area contributed by atoms with Crippen molar-refractivity contribution in [1.29, 1.82) is 0 Å². The molecule has 0 amide bonds. The molecule has 0 aliphatic heterocycles. The minimum Gasteiger partial charge on any atom is -0.380 e. The molecule has 1 aromatic heterocycles. The number of ether oxygens (including phenoxy) is 1. The van der Waals surface area contributed by atoms with Crippen molar-refractivity contribution >= 4 is 0 Å². The van der Waals surface area contributed by atoms with Crippen molar-refractivity contribution in [3.05, 3.63) is 17.7 Å². The summed E-state index contributed by atoms with van der Waals surface area (Å²) in [5.74, 6) is 1.07. The van der Waals surface area contributed by atoms with E-state index in [9.17, 15) is 0 Å². The van der Waals surface area contributed by atoms with E-state index in [2.05, 4.69) is 21.8 Å². The average Bonchev–Trinajstić information content (AvgIpc) is 3.04. The van der Waals surface area contributed by atoms with E-state index in [1.165, 1.54) is 18.5 Å². The predicted molar refractivity (Wildman–Crippen MR) is 63.3 cm³/mol. The molecule has 1 aliphatic rings. The lowest BCUT2D eigenvalue weighted by atomic mass is 10.3. The Kier molecular flexibility index (Phi) is 3.61. The Balaban J connectivity index is 1.98. The van der Waals surface area contributed by atoms with Crippen molar-refractivity contribution in [3.63, 3.8) is 0 Å². The van der Waals surface area contributed by atoms with Gasteiger partial charge in [-0.15, -0.1) is 0 Å². The molecule has 1 N–H and O–H groups in total. The van der Waals surface area contributed by atoms with E-state index in [4.69, 9.17) is 4.74 Å². The molecule has 1 saturated carbocycles. The highest BCUT2D eigenvalue weighted by Crippen LogP contribution is 2.19. The lowest BCUT2D eigenvalue weighted by Crippen LogP contribution is -2.22. The lowest BCUT2D eigenvalue weighted by molar-refractivity contribution is 0.102. The Morgan fingerprint density at radius 2 is 2.38 bits per heavy atom. The van der Waals surface area contributed by atoms with Gasteiger partial charge in [0.1, 0.15) is 5.82 Å².